The van der Waals surface area contributed by atoms with E-state index in [2.05, 4.69) is 71.0 Å². The van der Waals surface area contributed by atoms with Crippen LogP contribution in [0.4, 0.5) is 0 Å². The van der Waals surface area contributed by atoms with Crippen LogP contribution in [0.15, 0.2) is 30.3 Å². The van der Waals surface area contributed by atoms with Crippen LogP contribution in [0.5, 0.6) is 0 Å². The van der Waals surface area contributed by atoms with E-state index in [9.17, 15) is 0 Å². The minimum atomic E-state index is -1.20. The molecule has 2 radical (unpaired) electrons. The quantitative estimate of drug-likeness (QED) is 0.245. The van der Waals surface area contributed by atoms with Crippen molar-refractivity contribution in [3.05, 3.63) is 75.8 Å². The molecule has 9 heteroatoms. The van der Waals surface area contributed by atoms with E-state index < -0.39 is 8.07 Å². The summed E-state index contributed by atoms with van der Waals surface area (Å²) in [7, 11) is -1.20. The predicted molar refractivity (Wildman–Crippen MR) is 80.2 cm³/mol. The van der Waals surface area contributed by atoms with Crippen LogP contribution in [0.3, 0.4) is 0 Å². The molecule has 0 spiro atoms. The Morgan fingerprint density at radius 2 is 0.885 bits per heavy atom. The Kier molecular flexibility index (Phi) is 108. The third-order valence-corrected chi connectivity index (χ3v) is 2.23. The summed E-state index contributed by atoms with van der Waals surface area (Å²) in [4.78, 5) is 0. The van der Waals surface area contributed by atoms with Crippen LogP contribution in [0.1, 0.15) is 5.56 Å². The van der Waals surface area contributed by atoms with Gasteiger partial charge in [0.05, 0.1) is 0 Å². The van der Waals surface area contributed by atoms with Crippen molar-refractivity contribution in [2.75, 3.05) is 0 Å². The minimum Gasteiger partial charge on any atom is 0 e. The van der Waals surface area contributed by atoms with Crippen molar-refractivity contribution in [1.29, 1.82) is 0 Å². The molecule has 0 aliphatic carbocycles. The van der Waals surface area contributed by atoms with Gasteiger partial charge < -0.3 is 0 Å². The maximum Gasteiger partial charge on any atom is 0 e. The number of hydrogen-bond acceptors (Lipinski definition) is 0. The molecule has 6 nitrogen and oxygen atoms in total. The fourth-order valence-electron chi connectivity index (χ4n) is 0.781. The SMILES string of the molecule is C[Si](C)(C)C#Cc1ccccc1.[C-]#[O+].[C-]#[O+].[C-]#[O+].[C-]#[O+].[C-]#[O+].[C-]#[O+].[Co].[Co]. The number of rotatable bonds is 0. The molecule has 1 rings (SSSR count). The standard InChI is InChI=1S/C11H14Si.6CO.2Co/c1-12(2,3)10-9-11-7-5-4-6-8-11;6*1-2;;/h4-8H,1-3H3;;;;;;;;. The number of hydrogen-bond donors (Lipinski definition) is 0. The predicted octanol–water partition coefficient (Wildman–Crippen LogP) is 2.69. The maximum atomic E-state index is 7.50. The Morgan fingerprint density at radius 1 is 0.615 bits per heavy atom. The van der Waals surface area contributed by atoms with E-state index in [-0.39, 0.29) is 33.6 Å². The molecule has 0 atom stereocenters. The van der Waals surface area contributed by atoms with Crippen LogP contribution in [0.2, 0.25) is 19.6 Å². The minimum absolute atomic E-state index is 0. The van der Waals surface area contributed by atoms with Crippen molar-refractivity contribution in [2.24, 2.45) is 0 Å². The van der Waals surface area contributed by atoms with Gasteiger partial charge in [0.25, 0.3) is 0 Å². The van der Waals surface area contributed by atoms with Crippen molar-refractivity contribution < 1.29 is 61.5 Å². The van der Waals surface area contributed by atoms with Gasteiger partial charge in [0, 0.05) is 39.1 Å². The second-order valence-corrected chi connectivity index (χ2v) is 8.62. The second kappa shape index (κ2) is 56.6. The van der Waals surface area contributed by atoms with Crippen LogP contribution in [-0.4, -0.2) is 8.07 Å². The van der Waals surface area contributed by atoms with E-state index in [4.69, 9.17) is 27.9 Å². The van der Waals surface area contributed by atoms with Crippen LogP contribution in [0.25, 0.3) is 0 Å². The van der Waals surface area contributed by atoms with Gasteiger partial charge >= 0.3 is 67.8 Å². The monoisotopic (exact) mass is 460 g/mol. The Hall–Kier alpha value is -1.55. The van der Waals surface area contributed by atoms with Crippen LogP contribution < -0.4 is 0 Å². The smallest absolute Gasteiger partial charge is 0 e. The summed E-state index contributed by atoms with van der Waals surface area (Å²) in [6.45, 7) is 33.8. The first-order valence-electron chi connectivity index (χ1n) is 5.39. The molecule has 0 N–H and O–H groups in total. The van der Waals surface area contributed by atoms with Gasteiger partial charge in [0.15, 0.2) is 0 Å². The van der Waals surface area contributed by atoms with E-state index in [0.717, 1.165) is 5.56 Å². The van der Waals surface area contributed by atoms with Gasteiger partial charge in [-0.15, -0.1) is 5.54 Å². The molecule has 0 aromatic heterocycles. The zero-order chi connectivity index (χ0) is 21.0. The topological polar surface area (TPSA) is 119 Å². The van der Waals surface area contributed by atoms with Crippen molar-refractivity contribution >= 4 is 8.07 Å². The molecule has 0 fully saturated rings. The fourth-order valence-corrected chi connectivity index (χ4v) is 1.30. The Bertz CT molecular complexity index is 497. The average Bonchev–Trinajstić information content (AvgIpc) is 2.70. The second-order valence-electron chi connectivity index (χ2n) is 3.87. The van der Waals surface area contributed by atoms with Gasteiger partial charge in [-0.05, 0) is 12.1 Å². The molecule has 0 saturated carbocycles. The Morgan fingerprint density at radius 3 is 1.12 bits per heavy atom. The van der Waals surface area contributed by atoms with Crippen LogP contribution in [-0.2, 0) is 61.5 Å². The first-order valence-corrected chi connectivity index (χ1v) is 8.89. The average molecular weight is 460 g/mol. The molecule has 0 unspecified atom stereocenters. The normalized spacial score (nSPS) is 5.19. The molecule has 0 aliphatic heterocycles. The first-order chi connectivity index (χ1) is 11.6. The van der Waals surface area contributed by atoms with Gasteiger partial charge in [-0.2, -0.15) is 0 Å². The van der Waals surface area contributed by atoms with E-state index >= 15 is 0 Å². The summed E-state index contributed by atoms with van der Waals surface area (Å²) >= 11 is 0. The third kappa shape index (κ3) is 66.6. The molecule has 0 bridgehead atoms. The molecule has 1 aromatic rings. The molecule has 0 aliphatic rings. The van der Waals surface area contributed by atoms with Crippen molar-refractivity contribution in [3.63, 3.8) is 0 Å². The summed E-state index contributed by atoms with van der Waals surface area (Å²) in [5, 5.41) is 0. The summed E-state index contributed by atoms with van der Waals surface area (Å²) in [5.74, 6) is 3.20. The van der Waals surface area contributed by atoms with E-state index in [1.54, 1.807) is 0 Å². The zero-order valence-electron chi connectivity index (χ0n) is 14.0. The van der Waals surface area contributed by atoms with Crippen molar-refractivity contribution in [1.82, 2.24) is 0 Å². The summed E-state index contributed by atoms with van der Waals surface area (Å²) in [6, 6.07) is 10.2. The molecular weight excluding hydrogens is 446 g/mol. The molecular formula is C17H14Co2O6Si. The maximum absolute atomic E-state index is 7.50. The molecule has 0 amide bonds. The molecule has 26 heavy (non-hydrogen) atoms. The summed E-state index contributed by atoms with van der Waals surface area (Å²) in [5.41, 5.74) is 4.45. The van der Waals surface area contributed by atoms with E-state index in [1.807, 2.05) is 30.3 Å². The molecule has 140 valence electrons. The van der Waals surface area contributed by atoms with Gasteiger partial charge in [-0.25, -0.2) is 0 Å². The fraction of sp³-hybridized carbons (Fsp3) is 0.176. The van der Waals surface area contributed by atoms with Gasteiger partial charge in [0.1, 0.15) is 8.07 Å². The van der Waals surface area contributed by atoms with Gasteiger partial charge in [-0.3, -0.25) is 0 Å². The van der Waals surface area contributed by atoms with Gasteiger partial charge in [-0.1, -0.05) is 43.8 Å². The Labute approximate surface area is 176 Å². The summed E-state index contributed by atoms with van der Waals surface area (Å²) in [6.07, 6.45) is 0. The van der Waals surface area contributed by atoms with E-state index in [0.29, 0.717) is 0 Å². The van der Waals surface area contributed by atoms with E-state index in [1.165, 1.54) is 0 Å². The first kappa shape index (κ1) is 49.7. The molecule has 0 heterocycles. The largest absolute Gasteiger partial charge is 0 e. The third-order valence-electron chi connectivity index (χ3n) is 1.36. The van der Waals surface area contributed by atoms with Crippen molar-refractivity contribution in [3.8, 4) is 11.5 Å². The number of benzene rings is 1. The Balaban J connectivity index is -0.0000000332. The van der Waals surface area contributed by atoms with Crippen LogP contribution >= 0.6 is 0 Å². The molecule has 0 saturated heterocycles. The van der Waals surface area contributed by atoms with Gasteiger partial charge in [0.2, 0.25) is 0 Å². The summed E-state index contributed by atoms with van der Waals surface area (Å²) < 4.78 is 45.0. The van der Waals surface area contributed by atoms with Crippen molar-refractivity contribution in [2.45, 2.75) is 19.6 Å². The molecule has 1 aromatic carbocycles. The zero-order valence-corrected chi connectivity index (χ0v) is 17.1. The van der Waals surface area contributed by atoms with Crippen LogP contribution in [0, 0.1) is 51.4 Å².